The molecule has 0 bridgehead atoms. The van der Waals surface area contributed by atoms with Gasteiger partial charge in [-0.1, -0.05) is 26.7 Å². The Morgan fingerprint density at radius 1 is 1.00 bits per heavy atom. The maximum absolute atomic E-state index is 12.5. The van der Waals surface area contributed by atoms with E-state index in [1.165, 1.54) is 0 Å². The first kappa shape index (κ1) is 20.9. The third kappa shape index (κ3) is 6.80. The Bertz CT molecular complexity index is 408. The summed E-state index contributed by atoms with van der Waals surface area (Å²) in [6, 6.07) is 0.0342. The number of amides is 2. The highest BCUT2D eigenvalue weighted by Gasteiger charge is 2.39. The summed E-state index contributed by atoms with van der Waals surface area (Å²) in [5.74, 6) is -0.813. The minimum Gasteiger partial charge on any atom is -0.345 e. The lowest BCUT2D eigenvalue weighted by Gasteiger charge is -2.46. The van der Waals surface area contributed by atoms with Crippen molar-refractivity contribution in [1.82, 2.24) is 15.5 Å². The van der Waals surface area contributed by atoms with Crippen molar-refractivity contribution < 1.29 is 9.59 Å². The van der Waals surface area contributed by atoms with E-state index in [0.29, 0.717) is 13.1 Å². The number of nitrogens with zero attached hydrogens (tertiary/aromatic N) is 1. The smallest absolute Gasteiger partial charge is 0.311 e. The molecule has 0 aromatic heterocycles. The minimum absolute atomic E-state index is 0.0342. The van der Waals surface area contributed by atoms with Crippen molar-refractivity contribution in [3.8, 4) is 0 Å². The van der Waals surface area contributed by atoms with Crippen molar-refractivity contribution in [2.24, 2.45) is 0 Å². The number of hydrogen-bond acceptors (Lipinski definition) is 3. The van der Waals surface area contributed by atoms with Crippen LogP contribution in [0.4, 0.5) is 0 Å². The average Bonchev–Trinajstić information content (AvgIpc) is 2.43. The molecule has 0 aromatic rings. The Morgan fingerprint density at radius 2 is 1.46 bits per heavy atom. The van der Waals surface area contributed by atoms with Gasteiger partial charge in [-0.05, 0) is 53.4 Å². The summed E-state index contributed by atoms with van der Waals surface area (Å²) in [4.78, 5) is 26.7. The molecule has 0 atom stereocenters. The molecule has 140 valence electrons. The second-order valence-electron chi connectivity index (χ2n) is 8.47. The van der Waals surface area contributed by atoms with Gasteiger partial charge in [0.15, 0.2) is 0 Å². The van der Waals surface area contributed by atoms with Crippen LogP contribution < -0.4 is 10.6 Å². The van der Waals surface area contributed by atoms with Crippen LogP contribution in [0, 0.1) is 0 Å². The topological polar surface area (TPSA) is 61.4 Å². The quantitative estimate of drug-likeness (QED) is 0.701. The fourth-order valence-corrected chi connectivity index (χ4v) is 3.83. The molecule has 1 heterocycles. The molecule has 2 N–H and O–H groups in total. The van der Waals surface area contributed by atoms with Gasteiger partial charge in [-0.15, -0.1) is 0 Å². The van der Waals surface area contributed by atoms with Gasteiger partial charge in [0, 0.05) is 30.2 Å². The van der Waals surface area contributed by atoms with Crippen LogP contribution >= 0.6 is 0 Å². The van der Waals surface area contributed by atoms with E-state index in [1.54, 1.807) is 4.90 Å². The molecule has 5 heteroatoms. The van der Waals surface area contributed by atoms with E-state index >= 15 is 0 Å². The van der Waals surface area contributed by atoms with Gasteiger partial charge in [-0.2, -0.15) is 0 Å². The highest BCUT2D eigenvalue weighted by atomic mass is 16.2. The van der Waals surface area contributed by atoms with Gasteiger partial charge in [-0.3, -0.25) is 9.59 Å². The summed E-state index contributed by atoms with van der Waals surface area (Å²) in [6.07, 6.45) is 5.59. The highest BCUT2D eigenvalue weighted by molar-refractivity contribution is 6.35. The van der Waals surface area contributed by atoms with E-state index in [2.05, 4.69) is 52.2 Å². The monoisotopic (exact) mass is 339 g/mol. The van der Waals surface area contributed by atoms with Crippen molar-refractivity contribution >= 4 is 11.8 Å². The van der Waals surface area contributed by atoms with Crippen molar-refractivity contribution in [1.29, 1.82) is 0 Å². The molecule has 0 unspecified atom stereocenters. The minimum atomic E-state index is -0.444. The van der Waals surface area contributed by atoms with Crippen LogP contribution in [0.5, 0.6) is 0 Å². The molecule has 0 aliphatic carbocycles. The lowest BCUT2D eigenvalue weighted by Crippen LogP contribution is -2.63. The number of carbonyl (C=O) groups is 2. The first-order valence-electron chi connectivity index (χ1n) is 9.49. The summed E-state index contributed by atoms with van der Waals surface area (Å²) < 4.78 is 0. The maximum Gasteiger partial charge on any atom is 0.311 e. The summed E-state index contributed by atoms with van der Waals surface area (Å²) >= 11 is 0. The third-order valence-corrected chi connectivity index (χ3v) is 4.57. The first-order chi connectivity index (χ1) is 11.1. The molecule has 1 saturated heterocycles. The Hall–Kier alpha value is -1.10. The molecule has 1 fully saturated rings. The van der Waals surface area contributed by atoms with E-state index in [9.17, 15) is 9.59 Å². The summed E-state index contributed by atoms with van der Waals surface area (Å²) in [6.45, 7) is 14.1. The molecular formula is C19H37N3O2. The SMILES string of the molecule is CCCCN(CCCC)C(=O)C(=O)NC1CC(C)(C)NC(C)(C)C1. The number of nitrogens with one attached hydrogen (secondary N) is 2. The molecular weight excluding hydrogens is 302 g/mol. The molecule has 0 saturated carbocycles. The second-order valence-corrected chi connectivity index (χ2v) is 8.47. The van der Waals surface area contributed by atoms with E-state index in [1.807, 2.05) is 0 Å². The Morgan fingerprint density at radius 3 is 1.88 bits per heavy atom. The molecule has 0 spiro atoms. The van der Waals surface area contributed by atoms with Crippen LogP contribution in [-0.4, -0.2) is 46.9 Å². The van der Waals surface area contributed by atoms with Gasteiger partial charge in [0.25, 0.3) is 0 Å². The van der Waals surface area contributed by atoms with Crippen molar-refractivity contribution in [2.75, 3.05) is 13.1 Å². The Labute approximate surface area is 147 Å². The fourth-order valence-electron chi connectivity index (χ4n) is 3.83. The molecule has 1 rings (SSSR count). The second kappa shape index (κ2) is 8.84. The van der Waals surface area contributed by atoms with Crippen molar-refractivity contribution in [2.45, 2.75) is 97.2 Å². The van der Waals surface area contributed by atoms with Gasteiger partial charge in [-0.25, -0.2) is 0 Å². The predicted molar refractivity (Wildman–Crippen MR) is 98.9 cm³/mol. The number of unbranched alkanes of at least 4 members (excludes halogenated alkanes) is 2. The normalized spacial score (nSPS) is 19.8. The van der Waals surface area contributed by atoms with E-state index in [0.717, 1.165) is 38.5 Å². The van der Waals surface area contributed by atoms with Crippen LogP contribution in [0.2, 0.25) is 0 Å². The summed E-state index contributed by atoms with van der Waals surface area (Å²) in [5, 5.41) is 6.59. The number of piperidine rings is 1. The highest BCUT2D eigenvalue weighted by Crippen LogP contribution is 2.28. The average molecular weight is 340 g/mol. The van der Waals surface area contributed by atoms with Crippen LogP contribution in [0.25, 0.3) is 0 Å². The van der Waals surface area contributed by atoms with Gasteiger partial charge >= 0.3 is 11.8 Å². The fraction of sp³-hybridized carbons (Fsp3) is 0.895. The van der Waals surface area contributed by atoms with Crippen LogP contribution in [0.1, 0.15) is 80.1 Å². The number of rotatable bonds is 7. The van der Waals surface area contributed by atoms with Gasteiger partial charge in [0.05, 0.1) is 0 Å². The van der Waals surface area contributed by atoms with E-state index < -0.39 is 5.91 Å². The lowest BCUT2D eigenvalue weighted by atomic mass is 9.79. The largest absolute Gasteiger partial charge is 0.345 e. The molecule has 0 radical (unpaired) electrons. The standard InChI is InChI=1S/C19H37N3O2/c1-7-9-11-22(12-10-8-2)17(24)16(23)20-15-13-18(3,4)21-19(5,6)14-15/h15,21H,7-14H2,1-6H3,(H,20,23). The number of hydrogen-bond donors (Lipinski definition) is 2. The zero-order valence-electron chi connectivity index (χ0n) is 16.5. The van der Waals surface area contributed by atoms with E-state index in [4.69, 9.17) is 0 Å². The van der Waals surface area contributed by atoms with Crippen molar-refractivity contribution in [3.05, 3.63) is 0 Å². The van der Waals surface area contributed by atoms with Crippen LogP contribution in [0.3, 0.4) is 0 Å². The third-order valence-electron chi connectivity index (χ3n) is 4.57. The number of carbonyl (C=O) groups excluding carboxylic acids is 2. The molecule has 1 aliphatic heterocycles. The van der Waals surface area contributed by atoms with Crippen LogP contribution in [0.15, 0.2) is 0 Å². The van der Waals surface area contributed by atoms with Crippen molar-refractivity contribution in [3.63, 3.8) is 0 Å². The lowest BCUT2D eigenvalue weighted by molar-refractivity contribution is -0.146. The predicted octanol–water partition coefficient (Wildman–Crippen LogP) is 2.84. The summed E-state index contributed by atoms with van der Waals surface area (Å²) in [7, 11) is 0. The first-order valence-corrected chi connectivity index (χ1v) is 9.49. The van der Waals surface area contributed by atoms with Crippen LogP contribution in [-0.2, 0) is 9.59 Å². The molecule has 2 amide bonds. The molecule has 5 nitrogen and oxygen atoms in total. The van der Waals surface area contributed by atoms with E-state index in [-0.39, 0.29) is 23.0 Å². The molecule has 1 aliphatic rings. The maximum atomic E-state index is 12.5. The zero-order chi connectivity index (χ0) is 18.4. The van der Waals surface area contributed by atoms with Gasteiger partial charge < -0.3 is 15.5 Å². The molecule has 24 heavy (non-hydrogen) atoms. The van der Waals surface area contributed by atoms with Gasteiger partial charge in [0.1, 0.15) is 0 Å². The Balaban J connectivity index is 2.67. The molecule has 0 aromatic carbocycles. The van der Waals surface area contributed by atoms with Gasteiger partial charge in [0.2, 0.25) is 0 Å². The zero-order valence-corrected chi connectivity index (χ0v) is 16.5. The Kier molecular flexibility index (Phi) is 7.71. The summed E-state index contributed by atoms with van der Waals surface area (Å²) in [5.41, 5.74) is -0.0975.